The molecule has 162 valence electrons. The van der Waals surface area contributed by atoms with Gasteiger partial charge in [-0.05, 0) is 55.5 Å². The summed E-state index contributed by atoms with van der Waals surface area (Å²) in [6.45, 7) is 3.80. The van der Waals surface area contributed by atoms with Gasteiger partial charge in [0.25, 0.3) is 0 Å². The fraction of sp³-hybridized carbons (Fsp3) is 0.435. The molecule has 1 aliphatic rings. The number of hydrogen-bond donors (Lipinski definition) is 2. The monoisotopic (exact) mass is 432 g/mol. The number of benzene rings is 2. The van der Waals surface area contributed by atoms with Crippen molar-refractivity contribution in [3.05, 3.63) is 71.0 Å². The highest BCUT2D eigenvalue weighted by atomic mass is 32.2. The molecule has 0 saturated heterocycles. The first-order valence-corrected chi connectivity index (χ1v) is 12.0. The van der Waals surface area contributed by atoms with Gasteiger partial charge in [0.05, 0.1) is 11.2 Å². The van der Waals surface area contributed by atoms with Gasteiger partial charge >= 0.3 is 0 Å². The Kier molecular flexibility index (Phi) is 6.93. The van der Waals surface area contributed by atoms with Crippen molar-refractivity contribution in [2.75, 3.05) is 0 Å². The van der Waals surface area contributed by atoms with E-state index in [1.807, 2.05) is 12.1 Å². The maximum absolute atomic E-state index is 13.4. The van der Waals surface area contributed by atoms with Crippen LogP contribution in [-0.4, -0.2) is 20.4 Å². The first-order chi connectivity index (χ1) is 14.2. The number of carbonyl (C=O) groups excluding carboxylic acids is 1. The van der Waals surface area contributed by atoms with Gasteiger partial charge in [0.15, 0.2) is 0 Å². The molecule has 2 aromatic carbocycles. The molecule has 1 aliphatic carbocycles. The Hall–Kier alpha value is -2.25. The molecule has 2 N–H and O–H groups in total. The summed E-state index contributed by atoms with van der Waals surface area (Å²) in [5.41, 5.74) is 1.60. The molecule has 1 fully saturated rings. The molecule has 0 unspecified atom stereocenters. The van der Waals surface area contributed by atoms with E-state index in [0.29, 0.717) is 5.56 Å². The highest BCUT2D eigenvalue weighted by Gasteiger charge is 2.42. The van der Waals surface area contributed by atoms with Crippen LogP contribution in [0.2, 0.25) is 0 Å². The minimum Gasteiger partial charge on any atom is -0.351 e. The van der Waals surface area contributed by atoms with Gasteiger partial charge in [0.2, 0.25) is 15.9 Å². The Morgan fingerprint density at radius 2 is 1.63 bits per heavy atom. The van der Waals surface area contributed by atoms with Crippen LogP contribution >= 0.6 is 0 Å². The summed E-state index contributed by atoms with van der Waals surface area (Å²) in [5, 5.41) is 3.01. The third kappa shape index (κ3) is 5.26. The van der Waals surface area contributed by atoms with E-state index in [-0.39, 0.29) is 30.1 Å². The number of carbonyl (C=O) groups is 1. The molecule has 0 spiro atoms. The van der Waals surface area contributed by atoms with Crippen molar-refractivity contribution in [1.82, 2.24) is 10.0 Å². The van der Waals surface area contributed by atoms with Gasteiger partial charge in [0, 0.05) is 12.6 Å². The van der Waals surface area contributed by atoms with Crippen molar-refractivity contribution < 1.29 is 17.6 Å². The lowest BCUT2D eigenvalue weighted by atomic mass is 9.78. The van der Waals surface area contributed by atoms with E-state index in [4.69, 9.17) is 0 Å². The summed E-state index contributed by atoms with van der Waals surface area (Å²) in [6, 6.07) is 13.2. The molecule has 2 aromatic rings. The van der Waals surface area contributed by atoms with Gasteiger partial charge in [-0.25, -0.2) is 17.5 Å². The largest absolute Gasteiger partial charge is 0.351 e. The van der Waals surface area contributed by atoms with Gasteiger partial charge in [-0.2, -0.15) is 0 Å². The summed E-state index contributed by atoms with van der Waals surface area (Å²) in [6.07, 6.45) is 3.33. The molecule has 7 heteroatoms. The van der Waals surface area contributed by atoms with Gasteiger partial charge in [-0.1, -0.05) is 49.2 Å². The normalized spacial score (nSPS) is 16.0. The SMILES string of the molecule is CC(C)NS(=O)(=O)Cc1ccccc1CNC(=O)C1(c2ccc(F)cc2)CCCC1. The smallest absolute Gasteiger partial charge is 0.230 e. The van der Waals surface area contributed by atoms with Crippen molar-refractivity contribution >= 4 is 15.9 Å². The first kappa shape index (κ1) is 22.4. The van der Waals surface area contributed by atoms with E-state index in [1.54, 1.807) is 38.1 Å². The number of sulfonamides is 1. The van der Waals surface area contributed by atoms with E-state index in [9.17, 15) is 17.6 Å². The molecule has 0 aromatic heterocycles. The molecule has 0 bridgehead atoms. The van der Waals surface area contributed by atoms with E-state index in [2.05, 4.69) is 10.0 Å². The van der Waals surface area contributed by atoms with Gasteiger partial charge in [-0.15, -0.1) is 0 Å². The van der Waals surface area contributed by atoms with Gasteiger partial charge in [-0.3, -0.25) is 4.79 Å². The van der Waals surface area contributed by atoms with Crippen LogP contribution in [0.5, 0.6) is 0 Å². The van der Waals surface area contributed by atoms with Crippen molar-refractivity contribution in [2.45, 2.75) is 63.3 Å². The zero-order valence-corrected chi connectivity index (χ0v) is 18.3. The highest BCUT2D eigenvalue weighted by Crippen LogP contribution is 2.41. The quantitative estimate of drug-likeness (QED) is 0.667. The molecule has 1 saturated carbocycles. The number of halogens is 1. The number of amides is 1. The second-order valence-electron chi connectivity index (χ2n) is 8.28. The molecule has 0 aliphatic heterocycles. The molecule has 0 radical (unpaired) electrons. The van der Waals surface area contributed by atoms with E-state index >= 15 is 0 Å². The van der Waals surface area contributed by atoms with E-state index < -0.39 is 15.4 Å². The number of rotatable bonds is 8. The van der Waals surface area contributed by atoms with Crippen LogP contribution in [0.3, 0.4) is 0 Å². The third-order valence-corrected chi connectivity index (χ3v) is 7.13. The molecule has 0 heterocycles. The Morgan fingerprint density at radius 1 is 1.03 bits per heavy atom. The Labute approximate surface area is 178 Å². The predicted molar refractivity (Wildman–Crippen MR) is 116 cm³/mol. The maximum atomic E-state index is 13.4. The summed E-state index contributed by atoms with van der Waals surface area (Å²) in [5.74, 6) is -0.553. The molecular weight excluding hydrogens is 403 g/mol. The predicted octanol–water partition coefficient (Wildman–Crippen LogP) is 3.78. The third-order valence-electron chi connectivity index (χ3n) is 5.61. The second kappa shape index (κ2) is 9.27. The lowest BCUT2D eigenvalue weighted by Gasteiger charge is -2.28. The van der Waals surface area contributed by atoms with Crippen molar-refractivity contribution in [1.29, 1.82) is 0 Å². The van der Waals surface area contributed by atoms with Crippen LogP contribution in [0.1, 0.15) is 56.2 Å². The van der Waals surface area contributed by atoms with Crippen LogP contribution < -0.4 is 10.0 Å². The molecule has 0 atom stereocenters. The van der Waals surface area contributed by atoms with Crippen LogP contribution in [0, 0.1) is 5.82 Å². The first-order valence-electron chi connectivity index (χ1n) is 10.3. The van der Waals surface area contributed by atoms with Crippen LogP contribution in [-0.2, 0) is 32.5 Å². The fourth-order valence-electron chi connectivity index (χ4n) is 4.22. The van der Waals surface area contributed by atoms with Crippen LogP contribution in [0.25, 0.3) is 0 Å². The van der Waals surface area contributed by atoms with E-state index in [1.165, 1.54) is 12.1 Å². The zero-order valence-electron chi connectivity index (χ0n) is 17.4. The summed E-state index contributed by atoms with van der Waals surface area (Å²) < 4.78 is 40.7. The lowest BCUT2D eigenvalue weighted by Crippen LogP contribution is -2.42. The van der Waals surface area contributed by atoms with Gasteiger partial charge < -0.3 is 5.32 Å². The van der Waals surface area contributed by atoms with Crippen molar-refractivity contribution in [3.8, 4) is 0 Å². The fourth-order valence-corrected chi connectivity index (χ4v) is 5.71. The summed E-state index contributed by atoms with van der Waals surface area (Å²) in [4.78, 5) is 13.2. The molecule has 5 nitrogen and oxygen atoms in total. The van der Waals surface area contributed by atoms with Crippen molar-refractivity contribution in [2.24, 2.45) is 0 Å². The topological polar surface area (TPSA) is 75.3 Å². The van der Waals surface area contributed by atoms with E-state index in [0.717, 1.165) is 36.8 Å². The Morgan fingerprint density at radius 3 is 2.23 bits per heavy atom. The Bertz CT molecular complexity index is 982. The molecule has 30 heavy (non-hydrogen) atoms. The maximum Gasteiger partial charge on any atom is 0.230 e. The summed E-state index contributed by atoms with van der Waals surface area (Å²) in [7, 11) is -3.47. The number of hydrogen-bond acceptors (Lipinski definition) is 3. The molecule has 3 rings (SSSR count). The minimum atomic E-state index is -3.47. The summed E-state index contributed by atoms with van der Waals surface area (Å²) >= 11 is 0. The standard InChI is InChI=1S/C23H29FN2O3S/c1-17(2)26-30(28,29)16-19-8-4-3-7-18(19)15-25-22(27)23(13-5-6-14-23)20-9-11-21(24)12-10-20/h3-4,7-12,17,26H,5-6,13-16H2,1-2H3,(H,25,27). The minimum absolute atomic E-state index is 0.0930. The lowest BCUT2D eigenvalue weighted by molar-refractivity contribution is -0.126. The number of nitrogens with one attached hydrogen (secondary N) is 2. The highest BCUT2D eigenvalue weighted by molar-refractivity contribution is 7.88. The van der Waals surface area contributed by atoms with Crippen LogP contribution in [0.15, 0.2) is 48.5 Å². The van der Waals surface area contributed by atoms with Crippen LogP contribution in [0.4, 0.5) is 4.39 Å². The molecule has 1 amide bonds. The Balaban J connectivity index is 1.76. The molecular formula is C23H29FN2O3S. The second-order valence-corrected chi connectivity index (χ2v) is 10.0. The van der Waals surface area contributed by atoms with Gasteiger partial charge in [0.1, 0.15) is 5.82 Å². The zero-order chi connectivity index (χ0) is 21.8. The van der Waals surface area contributed by atoms with Crippen molar-refractivity contribution in [3.63, 3.8) is 0 Å². The average molecular weight is 433 g/mol. The average Bonchev–Trinajstić information content (AvgIpc) is 3.17.